The molecule has 0 unspecified atom stereocenters. The molecule has 0 fully saturated rings. The highest BCUT2D eigenvalue weighted by atomic mass is 79.9. The molecular formula is C14H22BrN3O. The van der Waals surface area contributed by atoms with Crippen molar-refractivity contribution in [2.24, 2.45) is 4.99 Å². The van der Waals surface area contributed by atoms with Crippen molar-refractivity contribution in [1.82, 2.24) is 10.6 Å². The molecule has 0 saturated heterocycles. The van der Waals surface area contributed by atoms with E-state index in [9.17, 15) is 0 Å². The van der Waals surface area contributed by atoms with Gasteiger partial charge in [0.1, 0.15) is 0 Å². The lowest BCUT2D eigenvalue weighted by molar-refractivity contribution is 0.152. The Kier molecular flexibility index (Phi) is 8.25. The van der Waals surface area contributed by atoms with Crippen molar-refractivity contribution in [1.29, 1.82) is 0 Å². The summed E-state index contributed by atoms with van der Waals surface area (Å²) in [5.74, 6) is 0.824. The SMILES string of the molecule is CCNC(=NCc1ccc(Br)cc1)NCCOCC. The number of nitrogens with zero attached hydrogens (tertiary/aromatic N) is 1. The van der Waals surface area contributed by atoms with E-state index in [1.807, 2.05) is 19.1 Å². The fourth-order valence-electron chi connectivity index (χ4n) is 1.49. The maximum Gasteiger partial charge on any atom is 0.191 e. The maximum absolute atomic E-state index is 5.29. The molecule has 0 bridgehead atoms. The standard InChI is InChI=1S/C14H22BrN3O/c1-3-16-14(17-9-10-19-4-2)18-11-12-5-7-13(15)8-6-12/h5-8H,3-4,9-11H2,1-2H3,(H2,16,17,18). The lowest BCUT2D eigenvalue weighted by Crippen LogP contribution is -2.39. The first kappa shape index (κ1) is 16.0. The topological polar surface area (TPSA) is 45.7 Å². The number of halogens is 1. The fraction of sp³-hybridized carbons (Fsp3) is 0.500. The molecule has 0 aliphatic rings. The predicted molar refractivity (Wildman–Crippen MR) is 83.5 cm³/mol. The Morgan fingerprint density at radius 1 is 1.21 bits per heavy atom. The van der Waals surface area contributed by atoms with E-state index >= 15 is 0 Å². The first-order chi connectivity index (χ1) is 9.26. The van der Waals surface area contributed by atoms with Gasteiger partial charge in [-0.2, -0.15) is 0 Å². The quantitative estimate of drug-likeness (QED) is 0.459. The molecule has 5 heteroatoms. The summed E-state index contributed by atoms with van der Waals surface area (Å²) in [4.78, 5) is 4.53. The number of nitrogens with one attached hydrogen (secondary N) is 2. The molecule has 0 spiro atoms. The lowest BCUT2D eigenvalue weighted by Gasteiger charge is -2.11. The lowest BCUT2D eigenvalue weighted by atomic mass is 10.2. The van der Waals surface area contributed by atoms with Gasteiger partial charge < -0.3 is 15.4 Å². The largest absolute Gasteiger partial charge is 0.380 e. The highest BCUT2D eigenvalue weighted by molar-refractivity contribution is 9.10. The molecule has 106 valence electrons. The van der Waals surface area contributed by atoms with E-state index < -0.39 is 0 Å². The van der Waals surface area contributed by atoms with Crippen molar-refractivity contribution in [3.63, 3.8) is 0 Å². The summed E-state index contributed by atoms with van der Waals surface area (Å²) in [5, 5.41) is 6.46. The second-order valence-electron chi connectivity index (χ2n) is 3.95. The molecule has 0 aliphatic carbocycles. The van der Waals surface area contributed by atoms with Gasteiger partial charge in [0.15, 0.2) is 5.96 Å². The Morgan fingerprint density at radius 3 is 2.58 bits per heavy atom. The van der Waals surface area contributed by atoms with Crippen LogP contribution >= 0.6 is 15.9 Å². The predicted octanol–water partition coefficient (Wildman–Crippen LogP) is 2.54. The van der Waals surface area contributed by atoms with E-state index in [2.05, 4.69) is 50.6 Å². The van der Waals surface area contributed by atoms with Gasteiger partial charge in [0, 0.05) is 24.2 Å². The molecule has 4 nitrogen and oxygen atoms in total. The summed E-state index contributed by atoms with van der Waals surface area (Å²) in [7, 11) is 0. The first-order valence-electron chi connectivity index (χ1n) is 6.60. The Bertz CT molecular complexity index is 379. The Labute approximate surface area is 123 Å². The van der Waals surface area contributed by atoms with Crippen LogP contribution in [0, 0.1) is 0 Å². The molecule has 0 radical (unpaired) electrons. The minimum Gasteiger partial charge on any atom is -0.380 e. The van der Waals surface area contributed by atoms with Crippen LogP contribution in [0.1, 0.15) is 19.4 Å². The summed E-state index contributed by atoms with van der Waals surface area (Å²) in [5.41, 5.74) is 1.19. The van der Waals surface area contributed by atoms with Crippen LogP contribution in [-0.2, 0) is 11.3 Å². The number of rotatable bonds is 7. The minimum atomic E-state index is 0.664. The van der Waals surface area contributed by atoms with Crippen LogP contribution in [0.3, 0.4) is 0 Å². The van der Waals surface area contributed by atoms with Crippen molar-refractivity contribution in [2.75, 3.05) is 26.3 Å². The Balaban J connectivity index is 2.45. The van der Waals surface area contributed by atoms with Gasteiger partial charge in [-0.15, -0.1) is 0 Å². The third kappa shape index (κ3) is 7.18. The van der Waals surface area contributed by atoms with Crippen LogP contribution in [0.25, 0.3) is 0 Å². The van der Waals surface area contributed by atoms with Crippen LogP contribution in [0.4, 0.5) is 0 Å². The number of guanidine groups is 1. The highest BCUT2D eigenvalue weighted by Gasteiger charge is 1.97. The van der Waals surface area contributed by atoms with E-state index in [-0.39, 0.29) is 0 Å². The smallest absolute Gasteiger partial charge is 0.191 e. The second kappa shape index (κ2) is 9.81. The van der Waals surface area contributed by atoms with E-state index in [0.29, 0.717) is 13.2 Å². The van der Waals surface area contributed by atoms with Gasteiger partial charge in [-0.1, -0.05) is 28.1 Å². The van der Waals surface area contributed by atoms with E-state index in [0.717, 1.165) is 30.1 Å². The molecule has 19 heavy (non-hydrogen) atoms. The molecule has 1 aromatic carbocycles. The van der Waals surface area contributed by atoms with Crippen LogP contribution in [0.5, 0.6) is 0 Å². The summed E-state index contributed by atoms with van der Waals surface area (Å²) < 4.78 is 6.37. The molecule has 1 rings (SSSR count). The average Bonchev–Trinajstić information content (AvgIpc) is 2.42. The third-order valence-electron chi connectivity index (χ3n) is 2.42. The molecule has 0 amide bonds. The summed E-state index contributed by atoms with van der Waals surface area (Å²) >= 11 is 3.42. The van der Waals surface area contributed by atoms with Crippen LogP contribution < -0.4 is 10.6 Å². The van der Waals surface area contributed by atoms with Crippen molar-refractivity contribution < 1.29 is 4.74 Å². The normalized spacial score (nSPS) is 11.4. The fourth-order valence-corrected chi connectivity index (χ4v) is 1.75. The highest BCUT2D eigenvalue weighted by Crippen LogP contribution is 2.10. The van der Waals surface area contributed by atoms with Crippen molar-refractivity contribution in [3.8, 4) is 0 Å². The molecule has 0 atom stereocenters. The van der Waals surface area contributed by atoms with E-state index in [1.54, 1.807) is 0 Å². The molecule has 2 N–H and O–H groups in total. The number of hydrogen-bond acceptors (Lipinski definition) is 2. The van der Waals surface area contributed by atoms with Gasteiger partial charge in [0.2, 0.25) is 0 Å². The summed E-state index contributed by atoms with van der Waals surface area (Å²) in [6.07, 6.45) is 0. The monoisotopic (exact) mass is 327 g/mol. The van der Waals surface area contributed by atoms with Gasteiger partial charge in [-0.05, 0) is 31.5 Å². The molecule has 0 aliphatic heterocycles. The maximum atomic E-state index is 5.29. The summed E-state index contributed by atoms with van der Waals surface area (Å²) in [6.45, 7) is 7.76. The van der Waals surface area contributed by atoms with Gasteiger partial charge >= 0.3 is 0 Å². The molecule has 1 aromatic rings. The second-order valence-corrected chi connectivity index (χ2v) is 4.86. The van der Waals surface area contributed by atoms with Crippen molar-refractivity contribution in [3.05, 3.63) is 34.3 Å². The zero-order valence-electron chi connectivity index (χ0n) is 11.6. The number of ether oxygens (including phenoxy) is 1. The van der Waals surface area contributed by atoms with Crippen molar-refractivity contribution >= 4 is 21.9 Å². The van der Waals surface area contributed by atoms with Gasteiger partial charge in [0.05, 0.1) is 13.2 Å². The third-order valence-corrected chi connectivity index (χ3v) is 2.95. The van der Waals surface area contributed by atoms with Gasteiger partial charge in [0.25, 0.3) is 0 Å². The average molecular weight is 328 g/mol. The van der Waals surface area contributed by atoms with Crippen LogP contribution in [-0.4, -0.2) is 32.3 Å². The number of aliphatic imine (C=N–C) groups is 1. The van der Waals surface area contributed by atoms with Gasteiger partial charge in [-0.3, -0.25) is 0 Å². The van der Waals surface area contributed by atoms with Crippen LogP contribution in [0.2, 0.25) is 0 Å². The zero-order chi connectivity index (χ0) is 13.9. The summed E-state index contributed by atoms with van der Waals surface area (Å²) in [6, 6.07) is 8.19. The van der Waals surface area contributed by atoms with Gasteiger partial charge in [-0.25, -0.2) is 4.99 Å². The van der Waals surface area contributed by atoms with Crippen molar-refractivity contribution in [2.45, 2.75) is 20.4 Å². The zero-order valence-corrected chi connectivity index (χ0v) is 13.2. The molecule has 0 heterocycles. The minimum absolute atomic E-state index is 0.664. The van der Waals surface area contributed by atoms with E-state index in [1.165, 1.54) is 5.56 Å². The molecule has 0 saturated carbocycles. The van der Waals surface area contributed by atoms with Crippen LogP contribution in [0.15, 0.2) is 33.7 Å². The Morgan fingerprint density at radius 2 is 1.95 bits per heavy atom. The Hall–Kier alpha value is -1.07. The van der Waals surface area contributed by atoms with E-state index in [4.69, 9.17) is 4.74 Å². The molecular weight excluding hydrogens is 306 g/mol. The number of hydrogen-bond donors (Lipinski definition) is 2. The first-order valence-corrected chi connectivity index (χ1v) is 7.40. The molecule has 0 aromatic heterocycles. The number of benzene rings is 1.